The summed E-state index contributed by atoms with van der Waals surface area (Å²) in [6, 6.07) is 8.39. The van der Waals surface area contributed by atoms with Crippen LogP contribution in [0.25, 0.3) is 5.69 Å². The SMILES string of the molecule is Cc1cnn(CCC(=O)Nc2cc(-n3cccc3)ccc2F)c1. The van der Waals surface area contributed by atoms with Gasteiger partial charge in [0, 0.05) is 37.2 Å². The van der Waals surface area contributed by atoms with Crippen molar-refractivity contribution in [3.05, 3.63) is 66.5 Å². The van der Waals surface area contributed by atoms with Crippen molar-refractivity contribution in [1.29, 1.82) is 0 Å². The van der Waals surface area contributed by atoms with Gasteiger partial charge in [-0.15, -0.1) is 0 Å². The van der Waals surface area contributed by atoms with Gasteiger partial charge in [-0.2, -0.15) is 5.10 Å². The van der Waals surface area contributed by atoms with Crippen LogP contribution in [0.5, 0.6) is 0 Å². The lowest BCUT2D eigenvalue weighted by atomic mass is 10.2. The van der Waals surface area contributed by atoms with Gasteiger partial charge in [-0.3, -0.25) is 9.48 Å². The van der Waals surface area contributed by atoms with Gasteiger partial charge in [0.15, 0.2) is 0 Å². The van der Waals surface area contributed by atoms with Crippen molar-refractivity contribution >= 4 is 11.6 Å². The van der Waals surface area contributed by atoms with Crippen LogP contribution in [-0.2, 0) is 11.3 Å². The number of benzene rings is 1. The molecule has 0 radical (unpaired) electrons. The van der Waals surface area contributed by atoms with Gasteiger partial charge in [0.1, 0.15) is 5.82 Å². The molecule has 118 valence electrons. The second-order valence-corrected chi connectivity index (χ2v) is 5.33. The van der Waals surface area contributed by atoms with E-state index in [9.17, 15) is 9.18 Å². The first-order valence-electron chi connectivity index (χ1n) is 7.33. The maximum atomic E-state index is 13.9. The second kappa shape index (κ2) is 6.48. The molecule has 0 aliphatic heterocycles. The summed E-state index contributed by atoms with van der Waals surface area (Å²) in [5.74, 6) is -0.703. The van der Waals surface area contributed by atoms with E-state index in [0.29, 0.717) is 6.54 Å². The van der Waals surface area contributed by atoms with E-state index < -0.39 is 5.82 Å². The number of carbonyl (C=O) groups is 1. The van der Waals surface area contributed by atoms with Crippen LogP contribution in [0.15, 0.2) is 55.1 Å². The minimum atomic E-state index is -0.454. The first-order valence-corrected chi connectivity index (χ1v) is 7.33. The fraction of sp³-hybridized carbons (Fsp3) is 0.176. The van der Waals surface area contributed by atoms with E-state index in [1.54, 1.807) is 23.0 Å². The monoisotopic (exact) mass is 312 g/mol. The third-order valence-electron chi connectivity index (χ3n) is 3.46. The Morgan fingerprint density at radius 1 is 1.30 bits per heavy atom. The molecule has 1 N–H and O–H groups in total. The Kier molecular flexibility index (Phi) is 4.23. The molecule has 0 spiro atoms. The molecule has 5 nitrogen and oxygen atoms in total. The highest BCUT2D eigenvalue weighted by Gasteiger charge is 2.09. The summed E-state index contributed by atoms with van der Waals surface area (Å²) in [5, 5.41) is 6.74. The Hall–Kier alpha value is -2.89. The zero-order valence-corrected chi connectivity index (χ0v) is 12.7. The van der Waals surface area contributed by atoms with Gasteiger partial charge in [-0.25, -0.2) is 4.39 Å². The van der Waals surface area contributed by atoms with Crippen LogP contribution < -0.4 is 5.32 Å². The van der Waals surface area contributed by atoms with Crippen molar-refractivity contribution in [1.82, 2.24) is 14.3 Å². The van der Waals surface area contributed by atoms with Crippen molar-refractivity contribution in [2.24, 2.45) is 0 Å². The Labute approximate surface area is 133 Å². The summed E-state index contributed by atoms with van der Waals surface area (Å²) < 4.78 is 17.4. The lowest BCUT2D eigenvalue weighted by molar-refractivity contribution is -0.116. The normalized spacial score (nSPS) is 10.7. The van der Waals surface area contributed by atoms with E-state index in [0.717, 1.165) is 11.3 Å². The number of amides is 1. The molecule has 2 heterocycles. The first-order chi connectivity index (χ1) is 11.1. The third-order valence-corrected chi connectivity index (χ3v) is 3.46. The largest absolute Gasteiger partial charge is 0.324 e. The fourth-order valence-electron chi connectivity index (χ4n) is 2.29. The Balaban J connectivity index is 1.67. The summed E-state index contributed by atoms with van der Waals surface area (Å²) in [6.45, 7) is 2.39. The predicted molar refractivity (Wildman–Crippen MR) is 85.9 cm³/mol. The molecule has 0 saturated carbocycles. The van der Waals surface area contributed by atoms with E-state index >= 15 is 0 Å². The van der Waals surface area contributed by atoms with Crippen LogP contribution in [0.1, 0.15) is 12.0 Å². The van der Waals surface area contributed by atoms with E-state index in [-0.39, 0.29) is 18.0 Å². The van der Waals surface area contributed by atoms with Gasteiger partial charge in [-0.1, -0.05) is 0 Å². The highest BCUT2D eigenvalue weighted by molar-refractivity contribution is 5.91. The van der Waals surface area contributed by atoms with Crippen LogP contribution >= 0.6 is 0 Å². The number of aromatic nitrogens is 3. The summed E-state index contributed by atoms with van der Waals surface area (Å²) in [7, 11) is 0. The van der Waals surface area contributed by atoms with E-state index in [1.807, 2.05) is 42.2 Å². The zero-order valence-electron chi connectivity index (χ0n) is 12.7. The molecule has 0 atom stereocenters. The molecule has 0 bridgehead atoms. The van der Waals surface area contributed by atoms with Crippen molar-refractivity contribution in [3.8, 4) is 5.69 Å². The molecule has 0 saturated heterocycles. The van der Waals surface area contributed by atoms with Gasteiger partial charge < -0.3 is 9.88 Å². The van der Waals surface area contributed by atoms with Crippen molar-refractivity contribution in [3.63, 3.8) is 0 Å². The first kappa shape index (κ1) is 15.0. The van der Waals surface area contributed by atoms with E-state index in [2.05, 4.69) is 10.4 Å². The summed E-state index contributed by atoms with van der Waals surface area (Å²) >= 11 is 0. The molecule has 3 aromatic rings. The summed E-state index contributed by atoms with van der Waals surface area (Å²) in [4.78, 5) is 12.0. The molecule has 1 amide bonds. The lowest BCUT2D eigenvalue weighted by Gasteiger charge is -2.10. The molecular formula is C17H17FN4O. The van der Waals surface area contributed by atoms with Gasteiger partial charge in [0.2, 0.25) is 5.91 Å². The highest BCUT2D eigenvalue weighted by atomic mass is 19.1. The molecular weight excluding hydrogens is 295 g/mol. The van der Waals surface area contributed by atoms with Crippen LogP contribution in [0, 0.1) is 12.7 Å². The van der Waals surface area contributed by atoms with Gasteiger partial charge >= 0.3 is 0 Å². The number of aryl methyl sites for hydroxylation is 2. The van der Waals surface area contributed by atoms with Crippen molar-refractivity contribution in [2.75, 3.05) is 5.32 Å². The Bertz CT molecular complexity index is 808. The average molecular weight is 312 g/mol. The van der Waals surface area contributed by atoms with Crippen LogP contribution in [0.2, 0.25) is 0 Å². The number of rotatable bonds is 5. The lowest BCUT2D eigenvalue weighted by Crippen LogP contribution is -2.15. The van der Waals surface area contributed by atoms with Gasteiger partial charge in [0.25, 0.3) is 0 Å². The van der Waals surface area contributed by atoms with Crippen LogP contribution in [-0.4, -0.2) is 20.3 Å². The molecule has 1 aromatic carbocycles. The maximum absolute atomic E-state index is 13.9. The third kappa shape index (κ3) is 3.66. The molecule has 3 rings (SSSR count). The molecule has 0 aliphatic carbocycles. The minimum absolute atomic E-state index is 0.179. The number of anilines is 1. The maximum Gasteiger partial charge on any atom is 0.226 e. The molecule has 6 heteroatoms. The molecule has 2 aromatic heterocycles. The van der Waals surface area contributed by atoms with Crippen molar-refractivity contribution < 1.29 is 9.18 Å². The van der Waals surface area contributed by atoms with Gasteiger partial charge in [0.05, 0.1) is 11.9 Å². The number of carbonyl (C=O) groups excluding carboxylic acids is 1. The van der Waals surface area contributed by atoms with Gasteiger partial charge in [-0.05, 0) is 42.8 Å². The number of hydrogen-bond acceptors (Lipinski definition) is 2. The van der Waals surface area contributed by atoms with Crippen molar-refractivity contribution in [2.45, 2.75) is 19.9 Å². The molecule has 23 heavy (non-hydrogen) atoms. The number of hydrogen-bond donors (Lipinski definition) is 1. The van der Waals surface area contributed by atoms with E-state index in [1.165, 1.54) is 6.07 Å². The Morgan fingerprint density at radius 3 is 2.78 bits per heavy atom. The number of nitrogens with zero attached hydrogens (tertiary/aromatic N) is 3. The minimum Gasteiger partial charge on any atom is -0.324 e. The number of nitrogens with one attached hydrogen (secondary N) is 1. The summed E-state index contributed by atoms with van der Waals surface area (Å²) in [6.07, 6.45) is 7.55. The highest BCUT2D eigenvalue weighted by Crippen LogP contribution is 2.19. The summed E-state index contributed by atoms with van der Waals surface area (Å²) in [5.41, 5.74) is 2.00. The smallest absolute Gasteiger partial charge is 0.226 e. The molecule has 0 unspecified atom stereocenters. The Morgan fingerprint density at radius 2 is 2.09 bits per heavy atom. The molecule has 0 aliphatic rings. The standard InChI is InChI=1S/C17H17FN4O/c1-13-11-19-22(12-13)9-6-17(23)20-16-10-14(4-5-15(16)18)21-7-2-3-8-21/h2-5,7-8,10-12H,6,9H2,1H3,(H,20,23). The quantitative estimate of drug-likeness (QED) is 0.787. The van der Waals surface area contributed by atoms with E-state index in [4.69, 9.17) is 0 Å². The second-order valence-electron chi connectivity index (χ2n) is 5.33. The predicted octanol–water partition coefficient (Wildman–Crippen LogP) is 3.15. The topological polar surface area (TPSA) is 51.9 Å². The average Bonchev–Trinajstić information content (AvgIpc) is 3.19. The van der Waals surface area contributed by atoms with Crippen LogP contribution in [0.3, 0.4) is 0 Å². The zero-order chi connectivity index (χ0) is 16.2. The molecule has 0 fully saturated rings. The fourth-order valence-corrected chi connectivity index (χ4v) is 2.29. The number of halogens is 1. The van der Waals surface area contributed by atoms with Crippen LogP contribution in [0.4, 0.5) is 10.1 Å².